The van der Waals surface area contributed by atoms with Crippen LogP contribution in [0.5, 0.6) is 0 Å². The molecular formula is C20H27NO4. The van der Waals surface area contributed by atoms with Gasteiger partial charge in [0.15, 0.2) is 5.78 Å². The van der Waals surface area contributed by atoms with Crippen molar-refractivity contribution < 1.29 is 19.1 Å². The second kappa shape index (κ2) is 5.97. The molecule has 2 fully saturated rings. The summed E-state index contributed by atoms with van der Waals surface area (Å²) in [7, 11) is 0. The monoisotopic (exact) mass is 345 g/mol. The fraction of sp³-hybridized carbons (Fsp3) is 0.700. The molecule has 5 nitrogen and oxygen atoms in total. The van der Waals surface area contributed by atoms with Crippen LogP contribution in [0.4, 0.5) is 0 Å². The smallest absolute Gasteiger partial charge is 0.258 e. The minimum atomic E-state index is -0.654. The highest BCUT2D eigenvalue weighted by Gasteiger charge is 2.49. The van der Waals surface area contributed by atoms with Crippen molar-refractivity contribution in [3.05, 3.63) is 22.6 Å². The van der Waals surface area contributed by atoms with E-state index in [1.165, 1.54) is 0 Å². The third-order valence-corrected chi connectivity index (χ3v) is 6.67. The van der Waals surface area contributed by atoms with Gasteiger partial charge in [0.2, 0.25) is 0 Å². The van der Waals surface area contributed by atoms with Gasteiger partial charge in [-0.25, -0.2) is 0 Å². The highest BCUT2D eigenvalue weighted by molar-refractivity contribution is 6.10. The van der Waals surface area contributed by atoms with Gasteiger partial charge in [0.25, 0.3) is 5.91 Å². The maximum atomic E-state index is 13.2. The molecule has 2 aliphatic carbocycles. The number of nitrogens with zero attached hydrogens (tertiary/aromatic N) is 1. The van der Waals surface area contributed by atoms with Crippen molar-refractivity contribution in [2.75, 3.05) is 13.1 Å². The fourth-order valence-electron chi connectivity index (χ4n) is 5.26. The summed E-state index contributed by atoms with van der Waals surface area (Å²) in [5.41, 5.74) is 0.339. The molecule has 0 bridgehead atoms. The summed E-state index contributed by atoms with van der Waals surface area (Å²) in [5, 5.41) is 11.0. The summed E-state index contributed by atoms with van der Waals surface area (Å²) in [6.07, 6.45) is 5.66. The van der Waals surface area contributed by atoms with Crippen molar-refractivity contribution in [1.29, 1.82) is 0 Å². The van der Waals surface area contributed by atoms with Crippen LogP contribution in [0.25, 0.3) is 0 Å². The average molecular weight is 345 g/mol. The third kappa shape index (κ3) is 2.55. The second-order valence-corrected chi connectivity index (χ2v) is 8.03. The molecule has 3 atom stereocenters. The molecule has 1 saturated carbocycles. The lowest BCUT2D eigenvalue weighted by Crippen LogP contribution is -2.44. The van der Waals surface area contributed by atoms with Gasteiger partial charge in [-0.1, -0.05) is 13.3 Å². The fourth-order valence-corrected chi connectivity index (χ4v) is 5.26. The molecule has 3 aliphatic rings. The summed E-state index contributed by atoms with van der Waals surface area (Å²) < 4.78 is 5.75. The normalized spacial score (nSPS) is 31.8. The molecule has 0 aromatic carbocycles. The van der Waals surface area contributed by atoms with Crippen LogP contribution in [0.3, 0.4) is 0 Å². The van der Waals surface area contributed by atoms with E-state index in [1.807, 2.05) is 11.8 Å². The van der Waals surface area contributed by atoms with E-state index in [4.69, 9.17) is 4.42 Å². The zero-order chi connectivity index (χ0) is 17.8. The lowest BCUT2D eigenvalue weighted by Gasteiger charge is -2.40. The first kappa shape index (κ1) is 16.8. The molecule has 0 spiro atoms. The van der Waals surface area contributed by atoms with Gasteiger partial charge in [-0.05, 0) is 38.5 Å². The number of Topliss-reactive ketones (excluding diaryl/α,β-unsaturated/α-hetero) is 1. The van der Waals surface area contributed by atoms with Crippen LogP contribution in [0.2, 0.25) is 0 Å². The highest BCUT2D eigenvalue weighted by atomic mass is 16.3. The Hall–Kier alpha value is -1.62. The molecule has 1 N–H and O–H groups in total. The SMILES string of the molecule is CC[C@]1(O)CCC[C@H]2CN(C(=O)c3c(C)oc4c3C(=O)CCC4)C[C@H]21. The molecule has 0 unspecified atom stereocenters. The quantitative estimate of drug-likeness (QED) is 0.894. The number of hydrogen-bond acceptors (Lipinski definition) is 4. The van der Waals surface area contributed by atoms with Crippen LogP contribution < -0.4 is 0 Å². The zero-order valence-corrected chi connectivity index (χ0v) is 15.1. The average Bonchev–Trinajstić information content (AvgIpc) is 3.17. The Bertz CT molecular complexity index is 722. The molecule has 1 amide bonds. The largest absolute Gasteiger partial charge is 0.465 e. The van der Waals surface area contributed by atoms with Crippen molar-refractivity contribution in [1.82, 2.24) is 4.90 Å². The summed E-state index contributed by atoms with van der Waals surface area (Å²) in [6.45, 7) is 5.08. The van der Waals surface area contributed by atoms with E-state index in [0.717, 1.165) is 38.5 Å². The standard InChI is InChI=1S/C20H27NO4/c1-3-20(24)9-5-6-13-10-21(11-14(13)20)19(23)17-12(2)25-16-8-4-7-15(22)18(16)17/h13-14,24H,3-11H2,1-2H3/t13-,14+,20-/m0/s1. The number of rotatable bonds is 2. The number of furan rings is 1. The maximum Gasteiger partial charge on any atom is 0.258 e. The number of carbonyl (C=O) groups excluding carboxylic acids is 2. The Labute approximate surface area is 148 Å². The first-order valence-electron chi connectivity index (χ1n) is 9.61. The molecule has 1 aromatic rings. The van der Waals surface area contributed by atoms with Crippen LogP contribution in [0.1, 0.15) is 77.7 Å². The van der Waals surface area contributed by atoms with Gasteiger partial charge in [0, 0.05) is 31.8 Å². The Balaban J connectivity index is 1.63. The Kier molecular flexibility index (Phi) is 4.02. The van der Waals surface area contributed by atoms with Crippen LogP contribution in [-0.4, -0.2) is 40.4 Å². The Morgan fingerprint density at radius 3 is 2.88 bits per heavy atom. The highest BCUT2D eigenvalue weighted by Crippen LogP contribution is 2.45. The van der Waals surface area contributed by atoms with Gasteiger partial charge in [-0.15, -0.1) is 0 Å². The number of aryl methyl sites for hydroxylation is 2. The van der Waals surface area contributed by atoms with Gasteiger partial charge in [0.1, 0.15) is 11.5 Å². The molecular weight excluding hydrogens is 318 g/mol. The topological polar surface area (TPSA) is 70.8 Å². The molecule has 2 heterocycles. The number of ketones is 1. The van der Waals surface area contributed by atoms with E-state index in [1.54, 1.807) is 6.92 Å². The first-order valence-corrected chi connectivity index (χ1v) is 9.61. The van der Waals surface area contributed by atoms with E-state index < -0.39 is 5.60 Å². The summed E-state index contributed by atoms with van der Waals surface area (Å²) in [5.74, 6) is 1.69. The van der Waals surface area contributed by atoms with E-state index in [9.17, 15) is 14.7 Å². The molecule has 5 heteroatoms. The van der Waals surface area contributed by atoms with Crippen molar-refractivity contribution in [3.63, 3.8) is 0 Å². The molecule has 1 aliphatic heterocycles. The van der Waals surface area contributed by atoms with Gasteiger partial charge in [0.05, 0.1) is 16.7 Å². The molecule has 136 valence electrons. The molecule has 0 radical (unpaired) electrons. The van der Waals surface area contributed by atoms with E-state index in [-0.39, 0.29) is 17.6 Å². The van der Waals surface area contributed by atoms with Crippen LogP contribution in [0, 0.1) is 18.8 Å². The number of hydrogen-bond donors (Lipinski definition) is 1. The number of carbonyl (C=O) groups is 2. The van der Waals surface area contributed by atoms with Crippen molar-refractivity contribution in [3.8, 4) is 0 Å². The van der Waals surface area contributed by atoms with Crippen molar-refractivity contribution >= 4 is 11.7 Å². The first-order chi connectivity index (χ1) is 11.9. The molecule has 1 aromatic heterocycles. The van der Waals surface area contributed by atoms with Crippen LogP contribution >= 0.6 is 0 Å². The maximum absolute atomic E-state index is 13.2. The predicted molar refractivity (Wildman–Crippen MR) is 92.7 cm³/mol. The van der Waals surface area contributed by atoms with Crippen molar-refractivity contribution in [2.24, 2.45) is 11.8 Å². The molecule has 25 heavy (non-hydrogen) atoms. The van der Waals surface area contributed by atoms with Gasteiger partial charge >= 0.3 is 0 Å². The minimum Gasteiger partial charge on any atom is -0.465 e. The number of aliphatic hydroxyl groups is 1. The Morgan fingerprint density at radius 1 is 1.32 bits per heavy atom. The zero-order valence-electron chi connectivity index (χ0n) is 15.1. The number of fused-ring (bicyclic) bond motifs is 2. The lowest BCUT2D eigenvalue weighted by molar-refractivity contribution is -0.0609. The summed E-state index contributed by atoms with van der Waals surface area (Å²) >= 11 is 0. The number of likely N-dealkylation sites (tertiary alicyclic amines) is 1. The Morgan fingerprint density at radius 2 is 2.12 bits per heavy atom. The van der Waals surface area contributed by atoms with Crippen molar-refractivity contribution in [2.45, 2.75) is 64.4 Å². The van der Waals surface area contributed by atoms with E-state index in [0.29, 0.717) is 48.1 Å². The van der Waals surface area contributed by atoms with Crippen LogP contribution in [0.15, 0.2) is 4.42 Å². The summed E-state index contributed by atoms with van der Waals surface area (Å²) in [4.78, 5) is 27.4. The number of amides is 1. The minimum absolute atomic E-state index is 0.0307. The third-order valence-electron chi connectivity index (χ3n) is 6.67. The van der Waals surface area contributed by atoms with E-state index >= 15 is 0 Å². The van der Waals surface area contributed by atoms with Gasteiger partial charge < -0.3 is 14.4 Å². The van der Waals surface area contributed by atoms with E-state index in [2.05, 4.69) is 0 Å². The molecule has 1 saturated heterocycles. The second-order valence-electron chi connectivity index (χ2n) is 8.03. The predicted octanol–water partition coefficient (Wildman–Crippen LogP) is 3.12. The molecule has 4 rings (SSSR count). The van der Waals surface area contributed by atoms with Gasteiger partial charge in [-0.3, -0.25) is 9.59 Å². The summed E-state index contributed by atoms with van der Waals surface area (Å²) in [6, 6.07) is 0. The van der Waals surface area contributed by atoms with Crippen LogP contribution in [-0.2, 0) is 6.42 Å². The van der Waals surface area contributed by atoms with Gasteiger partial charge in [-0.2, -0.15) is 0 Å². The lowest BCUT2D eigenvalue weighted by atomic mass is 9.69.